The maximum Gasteiger partial charge on any atom is 0.256 e. The number of halogens is 2. The zero-order chi connectivity index (χ0) is 27.1. The Kier molecular flexibility index (Phi) is 7.60. The quantitative estimate of drug-likeness (QED) is 0.357. The third-order valence-electron chi connectivity index (χ3n) is 8.53. The molecule has 1 aliphatic carbocycles. The SMILES string of the molecule is CCC(C1CC(=O)C1)N1CC[C@@H](Cc2cn(-c3ccc(F)cc3C(=O)N(C)C(C)C)c3cncc(Cl)c23)C1. The number of benzene rings is 1. The summed E-state index contributed by atoms with van der Waals surface area (Å²) in [5, 5.41) is 1.50. The summed E-state index contributed by atoms with van der Waals surface area (Å²) in [5.41, 5.74) is 2.82. The number of hydrogen-bond donors (Lipinski definition) is 0. The second kappa shape index (κ2) is 10.8. The van der Waals surface area contributed by atoms with Crippen LogP contribution in [0.3, 0.4) is 0 Å². The number of hydrogen-bond acceptors (Lipinski definition) is 4. The first-order valence-corrected chi connectivity index (χ1v) is 14.0. The van der Waals surface area contributed by atoms with Gasteiger partial charge in [0.15, 0.2) is 0 Å². The number of carbonyl (C=O) groups is 2. The van der Waals surface area contributed by atoms with E-state index in [4.69, 9.17) is 11.6 Å². The van der Waals surface area contributed by atoms with Gasteiger partial charge in [-0.2, -0.15) is 0 Å². The molecule has 3 aromatic rings. The fraction of sp³-hybridized carbons (Fsp3) is 0.500. The third-order valence-corrected chi connectivity index (χ3v) is 8.81. The molecule has 6 nitrogen and oxygen atoms in total. The maximum atomic E-state index is 14.3. The van der Waals surface area contributed by atoms with Crippen molar-refractivity contribution in [1.29, 1.82) is 0 Å². The van der Waals surface area contributed by atoms with Crippen molar-refractivity contribution < 1.29 is 14.0 Å². The number of carbonyl (C=O) groups excluding carboxylic acids is 2. The molecule has 1 saturated carbocycles. The van der Waals surface area contributed by atoms with Crippen molar-refractivity contribution in [2.24, 2.45) is 11.8 Å². The van der Waals surface area contributed by atoms with Gasteiger partial charge in [0.1, 0.15) is 11.6 Å². The van der Waals surface area contributed by atoms with Gasteiger partial charge in [0.25, 0.3) is 5.91 Å². The number of likely N-dealkylation sites (tertiary alicyclic amines) is 1. The molecule has 1 unspecified atom stereocenters. The van der Waals surface area contributed by atoms with E-state index in [1.807, 2.05) is 24.6 Å². The zero-order valence-corrected chi connectivity index (χ0v) is 23.3. The van der Waals surface area contributed by atoms with Crippen LogP contribution in [-0.2, 0) is 11.2 Å². The summed E-state index contributed by atoms with van der Waals surface area (Å²) in [6.07, 6.45) is 9.90. The van der Waals surface area contributed by atoms with E-state index in [9.17, 15) is 14.0 Å². The van der Waals surface area contributed by atoms with Gasteiger partial charge >= 0.3 is 0 Å². The summed E-state index contributed by atoms with van der Waals surface area (Å²) in [5.74, 6) is 0.654. The molecule has 0 spiro atoms. The molecule has 3 heterocycles. The molecule has 202 valence electrons. The summed E-state index contributed by atoms with van der Waals surface area (Å²) in [6, 6.07) is 4.80. The molecule has 8 heteroatoms. The van der Waals surface area contributed by atoms with Gasteiger partial charge in [-0.15, -0.1) is 0 Å². The number of aromatic nitrogens is 2. The molecule has 0 bridgehead atoms. The molecule has 38 heavy (non-hydrogen) atoms. The lowest BCUT2D eigenvalue weighted by Crippen LogP contribution is -2.44. The number of amides is 1. The van der Waals surface area contributed by atoms with E-state index in [2.05, 4.69) is 16.8 Å². The van der Waals surface area contributed by atoms with E-state index in [0.717, 1.165) is 61.7 Å². The van der Waals surface area contributed by atoms with Crippen LogP contribution in [0.5, 0.6) is 0 Å². The second-order valence-corrected chi connectivity index (χ2v) is 11.7. The van der Waals surface area contributed by atoms with Crippen molar-refractivity contribution in [2.45, 2.75) is 65.0 Å². The Morgan fingerprint density at radius 2 is 2.03 bits per heavy atom. The minimum absolute atomic E-state index is 0.0259. The van der Waals surface area contributed by atoms with Crippen molar-refractivity contribution >= 4 is 34.2 Å². The van der Waals surface area contributed by atoms with E-state index in [0.29, 0.717) is 39.9 Å². The first-order chi connectivity index (χ1) is 18.2. The van der Waals surface area contributed by atoms with Gasteiger partial charge in [0.2, 0.25) is 0 Å². The fourth-order valence-electron chi connectivity index (χ4n) is 6.21. The van der Waals surface area contributed by atoms with E-state index >= 15 is 0 Å². The molecule has 1 amide bonds. The first kappa shape index (κ1) is 26.8. The van der Waals surface area contributed by atoms with Crippen LogP contribution in [0.1, 0.15) is 62.4 Å². The lowest BCUT2D eigenvalue weighted by atomic mass is 9.77. The van der Waals surface area contributed by atoms with Crippen LogP contribution in [0.2, 0.25) is 5.02 Å². The second-order valence-electron chi connectivity index (χ2n) is 11.2. The van der Waals surface area contributed by atoms with Gasteiger partial charge in [0.05, 0.1) is 28.0 Å². The Labute approximate surface area is 228 Å². The van der Waals surface area contributed by atoms with Crippen LogP contribution in [0, 0.1) is 17.7 Å². The molecule has 0 N–H and O–H groups in total. The van der Waals surface area contributed by atoms with Gasteiger partial charge in [-0.25, -0.2) is 4.39 Å². The summed E-state index contributed by atoms with van der Waals surface area (Å²) in [4.78, 5) is 33.4. The minimum atomic E-state index is -0.452. The van der Waals surface area contributed by atoms with Crippen molar-refractivity contribution in [2.75, 3.05) is 20.1 Å². The molecule has 2 atom stereocenters. The highest BCUT2D eigenvalue weighted by Gasteiger charge is 2.38. The average molecular weight is 539 g/mol. The van der Waals surface area contributed by atoms with Crippen molar-refractivity contribution in [1.82, 2.24) is 19.4 Å². The van der Waals surface area contributed by atoms with Crippen molar-refractivity contribution in [3.05, 3.63) is 58.8 Å². The molecule has 5 rings (SSSR count). The minimum Gasteiger partial charge on any atom is -0.339 e. The fourth-order valence-corrected chi connectivity index (χ4v) is 6.49. The predicted molar refractivity (Wildman–Crippen MR) is 148 cm³/mol. The zero-order valence-electron chi connectivity index (χ0n) is 22.6. The standard InChI is InChI=1S/C30H36ClFN4O2/c1-5-26(20-11-23(37)12-20)35-9-8-19(16-35)10-21-17-36(28-15-33-14-25(31)29(21)28)27-7-6-22(32)13-24(27)30(38)34(4)18(2)3/h6-7,13-15,17-20,26H,5,8-12,16H2,1-4H3/t19-,26?/m0/s1. The Hall–Kier alpha value is -2.77. The van der Waals surface area contributed by atoms with Crippen molar-refractivity contribution in [3.63, 3.8) is 0 Å². The lowest BCUT2D eigenvalue weighted by molar-refractivity contribution is -0.128. The number of Topliss-reactive ketones (excluding diaryl/α,β-unsaturated/α-hetero) is 1. The van der Waals surface area contributed by atoms with E-state index < -0.39 is 5.82 Å². The Balaban J connectivity index is 1.47. The molecule has 0 radical (unpaired) electrons. The summed E-state index contributed by atoms with van der Waals surface area (Å²) >= 11 is 6.70. The average Bonchev–Trinajstić information content (AvgIpc) is 3.48. The number of nitrogens with zero attached hydrogens (tertiary/aromatic N) is 4. The molecule has 1 aromatic carbocycles. The molecule has 2 fully saturated rings. The number of fused-ring (bicyclic) bond motifs is 1. The van der Waals surface area contributed by atoms with Crippen LogP contribution in [-0.4, -0.2) is 63.3 Å². The first-order valence-electron chi connectivity index (χ1n) is 13.6. The number of ketones is 1. The summed E-state index contributed by atoms with van der Waals surface area (Å²) in [6.45, 7) is 8.12. The van der Waals surface area contributed by atoms with Crippen LogP contribution < -0.4 is 0 Å². The molecule has 2 aromatic heterocycles. The van der Waals surface area contributed by atoms with Crippen molar-refractivity contribution in [3.8, 4) is 5.69 Å². The van der Waals surface area contributed by atoms with Crippen LogP contribution in [0.4, 0.5) is 4.39 Å². The predicted octanol–water partition coefficient (Wildman–Crippen LogP) is 5.92. The monoisotopic (exact) mass is 538 g/mol. The molecular formula is C30H36ClFN4O2. The summed E-state index contributed by atoms with van der Waals surface area (Å²) in [7, 11) is 1.73. The highest BCUT2D eigenvalue weighted by atomic mass is 35.5. The highest BCUT2D eigenvalue weighted by Crippen LogP contribution is 2.37. The highest BCUT2D eigenvalue weighted by molar-refractivity contribution is 6.35. The molecular weight excluding hydrogens is 503 g/mol. The number of pyridine rings is 1. The normalized spacial score (nSPS) is 19.3. The Bertz CT molecular complexity index is 1360. The van der Waals surface area contributed by atoms with Gasteiger partial charge in [-0.3, -0.25) is 19.5 Å². The number of rotatable bonds is 8. The maximum absolute atomic E-state index is 14.3. The lowest BCUT2D eigenvalue weighted by Gasteiger charge is -2.38. The van der Waals surface area contributed by atoms with Gasteiger partial charge in [-0.05, 0) is 75.3 Å². The van der Waals surface area contributed by atoms with E-state index in [-0.39, 0.29) is 11.9 Å². The van der Waals surface area contributed by atoms with E-state index in [1.165, 1.54) is 12.1 Å². The Morgan fingerprint density at radius 1 is 1.26 bits per heavy atom. The Morgan fingerprint density at radius 3 is 2.71 bits per heavy atom. The topological polar surface area (TPSA) is 58.4 Å². The van der Waals surface area contributed by atoms with Gasteiger partial charge < -0.3 is 9.47 Å². The molecule has 1 saturated heterocycles. The van der Waals surface area contributed by atoms with Gasteiger partial charge in [0, 0.05) is 56.3 Å². The van der Waals surface area contributed by atoms with Gasteiger partial charge in [-0.1, -0.05) is 18.5 Å². The van der Waals surface area contributed by atoms with Crippen LogP contribution >= 0.6 is 11.6 Å². The van der Waals surface area contributed by atoms with Crippen LogP contribution in [0.15, 0.2) is 36.8 Å². The van der Waals surface area contributed by atoms with Crippen LogP contribution in [0.25, 0.3) is 16.6 Å². The largest absolute Gasteiger partial charge is 0.339 e. The smallest absolute Gasteiger partial charge is 0.256 e. The van der Waals surface area contributed by atoms with E-state index in [1.54, 1.807) is 30.4 Å². The summed E-state index contributed by atoms with van der Waals surface area (Å²) < 4.78 is 16.3. The third kappa shape index (κ3) is 4.98. The molecule has 2 aliphatic rings. The molecule has 1 aliphatic heterocycles.